The van der Waals surface area contributed by atoms with Crippen molar-refractivity contribution in [1.29, 1.82) is 0 Å². The highest BCUT2D eigenvalue weighted by atomic mass is 14.8. The zero-order chi connectivity index (χ0) is 11.7. The second kappa shape index (κ2) is 8.04. The molecule has 0 aliphatic rings. The van der Waals surface area contributed by atoms with Crippen LogP contribution in [0.3, 0.4) is 0 Å². The minimum Gasteiger partial charge on any atom is -0.346 e. The van der Waals surface area contributed by atoms with Gasteiger partial charge < -0.3 is 4.98 Å². The number of hydrogen-bond donors (Lipinski definition) is 1. The van der Waals surface area contributed by atoms with Crippen LogP contribution in [0.15, 0.2) is 30.6 Å². The Balaban J connectivity index is 0.000000282. The molecule has 2 aromatic rings. The number of H-pyrrole nitrogens is 1. The van der Waals surface area contributed by atoms with Crippen LogP contribution in [0.5, 0.6) is 0 Å². The van der Waals surface area contributed by atoms with E-state index in [-0.39, 0.29) is 0 Å². The van der Waals surface area contributed by atoms with Crippen LogP contribution in [0.1, 0.15) is 34.6 Å². The number of aromatic nitrogens is 2. The lowest BCUT2D eigenvalue weighted by atomic mass is 10.3. The second-order valence-corrected chi connectivity index (χ2v) is 3.65. The van der Waals surface area contributed by atoms with Crippen molar-refractivity contribution in [3.05, 3.63) is 30.6 Å². The number of nitrogens with zero attached hydrogens (tertiary/aromatic N) is 1. The molecular formula is C13H22N2. The van der Waals surface area contributed by atoms with Crippen molar-refractivity contribution in [2.75, 3.05) is 0 Å². The largest absolute Gasteiger partial charge is 0.346 e. The van der Waals surface area contributed by atoms with Gasteiger partial charge in [0.2, 0.25) is 0 Å². The smallest absolute Gasteiger partial charge is 0.137 e. The minimum absolute atomic E-state index is 0.833. The minimum atomic E-state index is 0.833. The molecule has 2 rings (SSSR count). The molecule has 2 nitrogen and oxygen atoms in total. The van der Waals surface area contributed by atoms with E-state index in [1.807, 2.05) is 38.2 Å². The van der Waals surface area contributed by atoms with E-state index in [1.54, 1.807) is 6.20 Å². The van der Waals surface area contributed by atoms with Crippen molar-refractivity contribution in [3.8, 4) is 0 Å². The van der Waals surface area contributed by atoms with Crippen molar-refractivity contribution in [2.45, 2.75) is 34.6 Å². The van der Waals surface area contributed by atoms with Gasteiger partial charge in [-0.05, 0) is 24.1 Å². The SMILES string of the molecule is CC.CC(C)C.c1cnc2[nH]ccc2c1. The highest BCUT2D eigenvalue weighted by molar-refractivity contribution is 5.74. The van der Waals surface area contributed by atoms with Crippen molar-refractivity contribution < 1.29 is 0 Å². The predicted octanol–water partition coefficient (Wildman–Crippen LogP) is 4.25. The van der Waals surface area contributed by atoms with Gasteiger partial charge in [0.15, 0.2) is 0 Å². The standard InChI is InChI=1S/C7H6N2.C4H10.C2H6/c1-2-6-3-5-9-7(6)8-4-1;1-4(2)3;1-2/h1-5H,(H,8,9);4H,1-3H3;1-2H3. The first kappa shape index (κ1) is 13.7. The zero-order valence-electron chi connectivity index (χ0n) is 10.4. The van der Waals surface area contributed by atoms with Crippen molar-refractivity contribution in [3.63, 3.8) is 0 Å². The number of hydrogen-bond acceptors (Lipinski definition) is 1. The topological polar surface area (TPSA) is 28.7 Å². The lowest BCUT2D eigenvalue weighted by Gasteiger charge is -1.82. The molecule has 0 saturated carbocycles. The summed E-state index contributed by atoms with van der Waals surface area (Å²) in [6, 6.07) is 5.96. The van der Waals surface area contributed by atoms with Gasteiger partial charge in [-0.15, -0.1) is 0 Å². The lowest BCUT2D eigenvalue weighted by molar-refractivity contribution is 0.737. The third-order valence-electron chi connectivity index (χ3n) is 1.32. The molecular weight excluding hydrogens is 184 g/mol. The molecule has 0 saturated heterocycles. The van der Waals surface area contributed by atoms with Crippen LogP contribution < -0.4 is 0 Å². The fraction of sp³-hybridized carbons (Fsp3) is 0.462. The quantitative estimate of drug-likeness (QED) is 0.685. The van der Waals surface area contributed by atoms with E-state index in [1.165, 1.54) is 0 Å². The van der Waals surface area contributed by atoms with Gasteiger partial charge in [0, 0.05) is 17.8 Å². The van der Waals surface area contributed by atoms with Gasteiger partial charge in [-0.1, -0.05) is 34.6 Å². The Kier molecular flexibility index (Phi) is 7.33. The van der Waals surface area contributed by atoms with E-state index >= 15 is 0 Å². The van der Waals surface area contributed by atoms with E-state index in [9.17, 15) is 0 Å². The maximum Gasteiger partial charge on any atom is 0.137 e. The third kappa shape index (κ3) is 5.89. The van der Waals surface area contributed by atoms with Crippen LogP contribution in [0.25, 0.3) is 11.0 Å². The Bertz CT molecular complexity index is 317. The fourth-order valence-electron chi connectivity index (χ4n) is 0.883. The molecule has 0 radical (unpaired) electrons. The lowest BCUT2D eigenvalue weighted by Crippen LogP contribution is -1.70. The van der Waals surface area contributed by atoms with Crippen LogP contribution in [-0.4, -0.2) is 9.97 Å². The molecule has 2 aromatic heterocycles. The molecule has 0 spiro atoms. The molecule has 0 bridgehead atoms. The molecule has 2 heteroatoms. The van der Waals surface area contributed by atoms with E-state index < -0.39 is 0 Å². The summed E-state index contributed by atoms with van der Waals surface area (Å²) in [7, 11) is 0. The van der Waals surface area contributed by atoms with Gasteiger partial charge in [0.05, 0.1) is 0 Å². The Labute approximate surface area is 92.7 Å². The molecule has 0 amide bonds. The number of aromatic amines is 1. The summed E-state index contributed by atoms with van der Waals surface area (Å²) in [6.45, 7) is 10.5. The monoisotopic (exact) mass is 206 g/mol. The first-order valence-corrected chi connectivity index (χ1v) is 5.58. The summed E-state index contributed by atoms with van der Waals surface area (Å²) in [5.74, 6) is 0.833. The molecule has 1 N–H and O–H groups in total. The van der Waals surface area contributed by atoms with E-state index in [0.29, 0.717) is 0 Å². The molecule has 0 aromatic carbocycles. The highest BCUT2D eigenvalue weighted by Gasteiger charge is 1.88. The van der Waals surface area contributed by atoms with Gasteiger partial charge in [0.25, 0.3) is 0 Å². The van der Waals surface area contributed by atoms with E-state index in [4.69, 9.17) is 0 Å². The Morgan fingerprint density at radius 3 is 2.27 bits per heavy atom. The van der Waals surface area contributed by atoms with Gasteiger partial charge >= 0.3 is 0 Å². The van der Waals surface area contributed by atoms with Gasteiger partial charge in [0.1, 0.15) is 5.65 Å². The summed E-state index contributed by atoms with van der Waals surface area (Å²) in [5.41, 5.74) is 0.956. The van der Waals surface area contributed by atoms with E-state index in [2.05, 4.69) is 30.7 Å². The summed E-state index contributed by atoms with van der Waals surface area (Å²) in [5, 5.41) is 1.16. The Hall–Kier alpha value is -1.31. The second-order valence-electron chi connectivity index (χ2n) is 3.65. The van der Waals surface area contributed by atoms with Crippen molar-refractivity contribution in [2.24, 2.45) is 5.92 Å². The zero-order valence-corrected chi connectivity index (χ0v) is 10.4. The van der Waals surface area contributed by atoms with Gasteiger partial charge in [-0.3, -0.25) is 0 Å². The summed E-state index contributed by atoms with van der Waals surface area (Å²) >= 11 is 0. The number of nitrogens with one attached hydrogen (secondary N) is 1. The molecule has 15 heavy (non-hydrogen) atoms. The average molecular weight is 206 g/mol. The van der Waals surface area contributed by atoms with Crippen molar-refractivity contribution in [1.82, 2.24) is 9.97 Å². The van der Waals surface area contributed by atoms with Crippen molar-refractivity contribution >= 4 is 11.0 Å². The molecule has 0 aliphatic carbocycles. The predicted molar refractivity (Wildman–Crippen MR) is 68.0 cm³/mol. The normalized spacial score (nSPS) is 8.93. The summed E-state index contributed by atoms with van der Waals surface area (Å²) in [4.78, 5) is 7.09. The van der Waals surface area contributed by atoms with Crippen LogP contribution >= 0.6 is 0 Å². The Morgan fingerprint density at radius 2 is 1.73 bits per heavy atom. The number of fused-ring (bicyclic) bond motifs is 1. The highest BCUT2D eigenvalue weighted by Crippen LogP contribution is 2.05. The molecule has 0 aliphatic heterocycles. The number of rotatable bonds is 0. The van der Waals surface area contributed by atoms with Crippen LogP contribution in [0.4, 0.5) is 0 Å². The molecule has 0 fully saturated rings. The number of pyridine rings is 1. The molecule has 2 heterocycles. The van der Waals surface area contributed by atoms with Gasteiger partial charge in [-0.2, -0.15) is 0 Å². The third-order valence-corrected chi connectivity index (χ3v) is 1.32. The molecule has 84 valence electrons. The molecule has 0 atom stereocenters. The fourth-order valence-corrected chi connectivity index (χ4v) is 0.883. The first-order valence-electron chi connectivity index (χ1n) is 5.58. The Morgan fingerprint density at radius 1 is 1.13 bits per heavy atom. The summed E-state index contributed by atoms with van der Waals surface area (Å²) in [6.07, 6.45) is 3.66. The maximum atomic E-state index is 4.09. The first-order chi connectivity index (χ1) is 7.20. The maximum absolute atomic E-state index is 4.09. The van der Waals surface area contributed by atoms with E-state index in [0.717, 1.165) is 17.0 Å². The molecule has 0 unspecified atom stereocenters. The van der Waals surface area contributed by atoms with Gasteiger partial charge in [-0.25, -0.2) is 4.98 Å². The van der Waals surface area contributed by atoms with Crippen LogP contribution in [-0.2, 0) is 0 Å². The van der Waals surface area contributed by atoms with Crippen LogP contribution in [0, 0.1) is 5.92 Å². The van der Waals surface area contributed by atoms with Crippen LogP contribution in [0.2, 0.25) is 0 Å². The summed E-state index contributed by atoms with van der Waals surface area (Å²) < 4.78 is 0. The average Bonchev–Trinajstić information content (AvgIpc) is 2.67.